The van der Waals surface area contributed by atoms with Gasteiger partial charge >= 0.3 is 0 Å². The van der Waals surface area contributed by atoms with Crippen LogP contribution in [-0.2, 0) is 9.59 Å². The number of para-hydroxylation sites is 1. The minimum absolute atomic E-state index is 0.0849. The van der Waals surface area contributed by atoms with Gasteiger partial charge in [-0.05, 0) is 43.4 Å². The van der Waals surface area contributed by atoms with E-state index in [4.69, 9.17) is 11.6 Å². The molecule has 0 saturated carbocycles. The van der Waals surface area contributed by atoms with Crippen LogP contribution in [0.1, 0.15) is 10.4 Å². The van der Waals surface area contributed by atoms with Crippen LogP contribution < -0.4 is 5.32 Å². The van der Waals surface area contributed by atoms with Crippen molar-refractivity contribution in [1.29, 1.82) is 0 Å². The predicted octanol–water partition coefficient (Wildman–Crippen LogP) is 3.17. The smallest absolute Gasteiger partial charge is 0.295 e. The Labute approximate surface area is 159 Å². The Hall–Kier alpha value is -2.97. The van der Waals surface area contributed by atoms with Gasteiger partial charge in [0.25, 0.3) is 11.8 Å². The molecule has 0 aliphatic rings. The second kappa shape index (κ2) is 9.65. The maximum absolute atomic E-state index is 12.8. The number of likely N-dealkylation sites (N-methyl/N-ethyl adjacent to an activating group) is 1. The minimum atomic E-state index is -0.762. The molecule has 1 N–H and O–H groups in total. The maximum atomic E-state index is 12.8. The van der Waals surface area contributed by atoms with Crippen LogP contribution in [0.4, 0.5) is 10.1 Å². The van der Waals surface area contributed by atoms with Gasteiger partial charge in [0.05, 0.1) is 23.8 Å². The molecule has 0 aliphatic heterocycles. The molecule has 0 aromatic heterocycles. The van der Waals surface area contributed by atoms with E-state index >= 15 is 0 Å². The molecule has 2 aromatic carbocycles. The Morgan fingerprint density at radius 1 is 1.04 bits per heavy atom. The van der Waals surface area contributed by atoms with E-state index in [0.29, 0.717) is 10.7 Å². The summed E-state index contributed by atoms with van der Waals surface area (Å²) in [6.45, 7) is -0.297. The van der Waals surface area contributed by atoms with Crippen LogP contribution in [0.15, 0.2) is 58.8 Å². The number of hydrogen-bond acceptors (Lipinski definition) is 4. The molecule has 0 atom stereocenters. The highest BCUT2D eigenvalue weighted by molar-refractivity contribution is 6.33. The van der Waals surface area contributed by atoms with Gasteiger partial charge in [0, 0.05) is 5.56 Å². The zero-order chi connectivity index (χ0) is 19.8. The van der Waals surface area contributed by atoms with Gasteiger partial charge in [0.2, 0.25) is 5.91 Å². The van der Waals surface area contributed by atoms with E-state index < -0.39 is 17.6 Å². The van der Waals surface area contributed by atoms with Crippen molar-refractivity contribution >= 4 is 35.0 Å². The molecule has 0 radical (unpaired) electrons. The molecule has 27 heavy (non-hydrogen) atoms. The van der Waals surface area contributed by atoms with Crippen molar-refractivity contribution in [3.05, 3.63) is 64.9 Å². The Morgan fingerprint density at radius 2 is 1.70 bits per heavy atom. The highest BCUT2D eigenvalue weighted by Gasteiger charge is 2.12. The van der Waals surface area contributed by atoms with Gasteiger partial charge in [0.15, 0.2) is 0 Å². The van der Waals surface area contributed by atoms with E-state index in [1.165, 1.54) is 17.0 Å². The van der Waals surface area contributed by atoms with Crippen molar-refractivity contribution in [3.63, 3.8) is 0 Å². The second-order valence-electron chi connectivity index (χ2n) is 5.61. The third-order valence-electron chi connectivity index (χ3n) is 3.31. The molecule has 0 heterocycles. The number of azo groups is 1. The molecular weight excluding hydrogens is 375 g/mol. The zero-order valence-electron chi connectivity index (χ0n) is 14.4. The summed E-state index contributed by atoms with van der Waals surface area (Å²) in [5, 5.41) is 9.65. The summed E-state index contributed by atoms with van der Waals surface area (Å²) in [7, 11) is 1.54. The van der Waals surface area contributed by atoms with Gasteiger partial charge in [-0.3, -0.25) is 19.3 Å². The largest absolute Gasteiger partial charge is 0.324 e. The average Bonchev–Trinajstić information content (AvgIpc) is 2.62. The van der Waals surface area contributed by atoms with Crippen LogP contribution in [0.5, 0.6) is 0 Å². The lowest BCUT2D eigenvalue weighted by atomic mass is 10.2. The van der Waals surface area contributed by atoms with Gasteiger partial charge in [0.1, 0.15) is 5.82 Å². The first-order valence-electron chi connectivity index (χ1n) is 7.82. The SMILES string of the molecule is CN(CC(=O)N=NC(=O)c1ccc(F)cc1)CC(=O)Nc1ccccc1Cl. The van der Waals surface area contributed by atoms with Crippen LogP contribution in [0.2, 0.25) is 5.02 Å². The molecule has 0 spiro atoms. The first-order valence-corrected chi connectivity index (χ1v) is 8.20. The quantitative estimate of drug-likeness (QED) is 0.767. The minimum Gasteiger partial charge on any atom is -0.324 e. The molecule has 2 aromatic rings. The van der Waals surface area contributed by atoms with Crippen molar-refractivity contribution in [2.75, 3.05) is 25.5 Å². The Morgan fingerprint density at radius 3 is 2.37 bits per heavy atom. The lowest BCUT2D eigenvalue weighted by Crippen LogP contribution is -2.33. The molecule has 0 bridgehead atoms. The van der Waals surface area contributed by atoms with E-state index in [0.717, 1.165) is 12.1 Å². The van der Waals surface area contributed by atoms with Crippen LogP contribution in [0.25, 0.3) is 0 Å². The molecule has 0 fully saturated rings. The summed E-state index contributed by atoms with van der Waals surface area (Å²) in [5.41, 5.74) is 0.578. The second-order valence-corrected chi connectivity index (χ2v) is 6.01. The van der Waals surface area contributed by atoms with Gasteiger partial charge < -0.3 is 5.32 Å². The Kier molecular flexibility index (Phi) is 7.27. The Balaban J connectivity index is 1.82. The first-order chi connectivity index (χ1) is 12.8. The molecule has 7 nitrogen and oxygen atoms in total. The topological polar surface area (TPSA) is 91.2 Å². The number of nitrogens with zero attached hydrogens (tertiary/aromatic N) is 3. The molecule has 9 heteroatoms. The van der Waals surface area contributed by atoms with Crippen LogP contribution in [0, 0.1) is 5.82 Å². The van der Waals surface area contributed by atoms with Crippen molar-refractivity contribution in [2.24, 2.45) is 10.2 Å². The third kappa shape index (κ3) is 6.69. The molecular formula is C18H16ClFN4O3. The number of anilines is 1. The van der Waals surface area contributed by atoms with Crippen molar-refractivity contribution < 1.29 is 18.8 Å². The van der Waals surface area contributed by atoms with Gasteiger partial charge in [-0.15, -0.1) is 10.2 Å². The average molecular weight is 391 g/mol. The number of halogens is 2. The normalized spacial score (nSPS) is 11.0. The fraction of sp³-hybridized carbons (Fsp3) is 0.167. The summed E-state index contributed by atoms with van der Waals surface area (Å²) in [5.74, 6) is -2.31. The number of benzene rings is 2. The molecule has 0 saturated heterocycles. The fourth-order valence-electron chi connectivity index (χ4n) is 2.07. The van der Waals surface area contributed by atoms with E-state index in [1.54, 1.807) is 31.3 Å². The maximum Gasteiger partial charge on any atom is 0.295 e. The van der Waals surface area contributed by atoms with Crippen LogP contribution in [0.3, 0.4) is 0 Å². The molecule has 3 amide bonds. The monoisotopic (exact) mass is 390 g/mol. The molecule has 0 aliphatic carbocycles. The van der Waals surface area contributed by atoms with Gasteiger partial charge in [-0.2, -0.15) is 0 Å². The van der Waals surface area contributed by atoms with Crippen LogP contribution >= 0.6 is 11.6 Å². The van der Waals surface area contributed by atoms with Gasteiger partial charge in [-0.25, -0.2) is 4.39 Å². The lowest BCUT2D eigenvalue weighted by molar-refractivity contribution is -0.120. The lowest BCUT2D eigenvalue weighted by Gasteiger charge is -2.14. The number of carbonyl (C=O) groups is 3. The number of nitrogens with one attached hydrogen (secondary N) is 1. The highest BCUT2D eigenvalue weighted by atomic mass is 35.5. The van der Waals surface area contributed by atoms with Crippen molar-refractivity contribution in [2.45, 2.75) is 0 Å². The highest BCUT2D eigenvalue weighted by Crippen LogP contribution is 2.20. The summed E-state index contributed by atoms with van der Waals surface area (Å²) < 4.78 is 12.8. The van der Waals surface area contributed by atoms with E-state index in [9.17, 15) is 18.8 Å². The predicted molar refractivity (Wildman–Crippen MR) is 98.2 cm³/mol. The summed E-state index contributed by atoms with van der Waals surface area (Å²) in [6, 6.07) is 11.5. The van der Waals surface area contributed by atoms with Gasteiger partial charge in [-0.1, -0.05) is 23.7 Å². The third-order valence-corrected chi connectivity index (χ3v) is 3.64. The van der Waals surface area contributed by atoms with E-state index in [-0.39, 0.29) is 24.6 Å². The van der Waals surface area contributed by atoms with E-state index in [2.05, 4.69) is 15.5 Å². The van der Waals surface area contributed by atoms with Crippen molar-refractivity contribution in [1.82, 2.24) is 4.90 Å². The fourth-order valence-corrected chi connectivity index (χ4v) is 2.25. The summed E-state index contributed by atoms with van der Waals surface area (Å²) in [6.07, 6.45) is 0. The Bertz CT molecular complexity index is 871. The van der Waals surface area contributed by atoms with Crippen molar-refractivity contribution in [3.8, 4) is 0 Å². The number of carbonyl (C=O) groups excluding carboxylic acids is 3. The molecule has 2 rings (SSSR count). The summed E-state index contributed by atoms with van der Waals surface area (Å²) in [4.78, 5) is 36.9. The molecule has 0 unspecified atom stereocenters. The molecule has 140 valence electrons. The number of hydrogen-bond donors (Lipinski definition) is 1. The standard InChI is InChI=1S/C18H16ClFN4O3/c1-24(10-16(25)21-15-5-3-2-4-14(15)19)11-17(26)22-23-18(27)12-6-8-13(20)9-7-12/h2-9H,10-11H2,1H3,(H,21,25). The first kappa shape index (κ1) is 20.3. The number of rotatable bonds is 6. The van der Waals surface area contributed by atoms with Crippen LogP contribution in [-0.4, -0.2) is 42.8 Å². The summed E-state index contributed by atoms with van der Waals surface area (Å²) >= 11 is 5.96. The number of amides is 3. The van der Waals surface area contributed by atoms with E-state index in [1.807, 2.05) is 0 Å². The zero-order valence-corrected chi connectivity index (χ0v) is 15.1.